The zero-order chi connectivity index (χ0) is 16.9. The molecule has 0 atom stereocenters. The van der Waals surface area contributed by atoms with Crippen LogP contribution in [0.2, 0.25) is 0 Å². The molecule has 0 saturated heterocycles. The van der Waals surface area contributed by atoms with E-state index in [0.717, 1.165) is 23.4 Å². The van der Waals surface area contributed by atoms with Crippen LogP contribution in [0.1, 0.15) is 23.6 Å². The molecule has 5 nitrogen and oxygen atoms in total. The lowest BCUT2D eigenvalue weighted by Gasteiger charge is -2.14. The molecule has 1 aromatic heterocycles. The van der Waals surface area contributed by atoms with Crippen molar-refractivity contribution in [1.29, 1.82) is 0 Å². The Labute approximate surface area is 142 Å². The van der Waals surface area contributed by atoms with Crippen molar-refractivity contribution in [3.05, 3.63) is 65.4 Å². The highest BCUT2D eigenvalue weighted by atomic mass is 15.3. The molecule has 24 heavy (non-hydrogen) atoms. The smallest absolute Gasteiger partial charge is 0.249 e. The van der Waals surface area contributed by atoms with Crippen molar-refractivity contribution in [3.8, 4) is 0 Å². The van der Waals surface area contributed by atoms with Crippen LogP contribution in [-0.4, -0.2) is 15.2 Å². The molecule has 1 heterocycles. The van der Waals surface area contributed by atoms with Gasteiger partial charge in [0.05, 0.1) is 6.20 Å². The second kappa shape index (κ2) is 7.08. The summed E-state index contributed by atoms with van der Waals surface area (Å²) in [5, 5.41) is 14.7. The zero-order valence-electron chi connectivity index (χ0n) is 14.2. The van der Waals surface area contributed by atoms with Crippen LogP contribution in [0.5, 0.6) is 0 Å². The van der Waals surface area contributed by atoms with E-state index < -0.39 is 0 Å². The van der Waals surface area contributed by atoms with Gasteiger partial charge in [-0.3, -0.25) is 0 Å². The Morgan fingerprint density at radius 3 is 2.50 bits per heavy atom. The molecule has 0 spiro atoms. The first-order valence-corrected chi connectivity index (χ1v) is 8.05. The van der Waals surface area contributed by atoms with Crippen molar-refractivity contribution in [2.24, 2.45) is 0 Å². The van der Waals surface area contributed by atoms with Gasteiger partial charge in [-0.05, 0) is 43.0 Å². The summed E-state index contributed by atoms with van der Waals surface area (Å²) >= 11 is 0. The molecule has 0 bridgehead atoms. The normalized spacial score (nSPS) is 10.5. The highest BCUT2D eigenvalue weighted by molar-refractivity contribution is 5.65. The Hall–Kier alpha value is -2.95. The molecule has 0 aliphatic rings. The molecule has 0 fully saturated rings. The van der Waals surface area contributed by atoms with Crippen molar-refractivity contribution in [1.82, 2.24) is 15.2 Å². The van der Waals surface area contributed by atoms with Gasteiger partial charge in [0.25, 0.3) is 0 Å². The van der Waals surface area contributed by atoms with Gasteiger partial charge < -0.3 is 10.6 Å². The number of benzene rings is 2. The number of aromatic nitrogens is 3. The van der Waals surface area contributed by atoms with Gasteiger partial charge in [-0.2, -0.15) is 10.1 Å². The van der Waals surface area contributed by atoms with Crippen LogP contribution < -0.4 is 10.6 Å². The number of nitrogens with one attached hydrogen (secondary N) is 2. The van der Waals surface area contributed by atoms with E-state index in [1.165, 1.54) is 11.1 Å². The Bertz CT molecular complexity index is 845. The summed E-state index contributed by atoms with van der Waals surface area (Å²) in [7, 11) is 0. The maximum Gasteiger partial charge on any atom is 0.249 e. The first-order chi connectivity index (χ1) is 11.7. The number of nitrogens with zero attached hydrogens (tertiary/aromatic N) is 3. The van der Waals surface area contributed by atoms with Crippen LogP contribution in [0.25, 0.3) is 0 Å². The topological polar surface area (TPSA) is 62.7 Å². The van der Waals surface area contributed by atoms with Crippen molar-refractivity contribution < 1.29 is 0 Å². The van der Waals surface area contributed by atoms with E-state index in [0.29, 0.717) is 11.8 Å². The zero-order valence-corrected chi connectivity index (χ0v) is 14.2. The van der Waals surface area contributed by atoms with Crippen molar-refractivity contribution in [3.63, 3.8) is 0 Å². The maximum atomic E-state index is 4.53. The first-order valence-electron chi connectivity index (χ1n) is 8.05. The standard InChI is InChI=1S/C19H21N5/c1-4-15-10-7-9-14(3)18(15)22-17-12-20-24-19(23-17)21-16-11-6-5-8-13(16)2/h5-12H,4H2,1-3H3,(H2,21,22,23,24). The number of rotatable bonds is 5. The molecule has 3 aromatic rings. The minimum absolute atomic E-state index is 0.473. The van der Waals surface area contributed by atoms with Gasteiger partial charge in [-0.15, -0.1) is 5.10 Å². The third-order valence-electron chi connectivity index (χ3n) is 3.94. The van der Waals surface area contributed by atoms with Gasteiger partial charge in [0, 0.05) is 11.4 Å². The van der Waals surface area contributed by atoms with Crippen LogP contribution in [0.4, 0.5) is 23.1 Å². The Morgan fingerprint density at radius 1 is 0.917 bits per heavy atom. The molecule has 2 N–H and O–H groups in total. The second-order valence-electron chi connectivity index (χ2n) is 5.69. The van der Waals surface area contributed by atoms with Gasteiger partial charge in [0.2, 0.25) is 5.95 Å². The lowest BCUT2D eigenvalue weighted by Crippen LogP contribution is -2.05. The Morgan fingerprint density at radius 2 is 1.71 bits per heavy atom. The molecule has 0 aliphatic heterocycles. The summed E-state index contributed by atoms with van der Waals surface area (Å²) in [6.45, 7) is 6.27. The van der Waals surface area contributed by atoms with Crippen LogP contribution in [0.15, 0.2) is 48.7 Å². The number of hydrogen-bond donors (Lipinski definition) is 2. The lowest BCUT2D eigenvalue weighted by molar-refractivity contribution is 0.980. The van der Waals surface area contributed by atoms with E-state index in [1.807, 2.05) is 31.2 Å². The SMILES string of the molecule is CCc1cccc(C)c1Nc1cnnc(Nc2ccccc2C)n1. The minimum atomic E-state index is 0.473. The van der Waals surface area contributed by atoms with Crippen molar-refractivity contribution in [2.75, 3.05) is 10.6 Å². The van der Waals surface area contributed by atoms with E-state index in [2.05, 4.69) is 57.9 Å². The number of para-hydroxylation sites is 2. The Balaban J connectivity index is 1.85. The minimum Gasteiger partial charge on any atom is -0.338 e. The van der Waals surface area contributed by atoms with Crippen molar-refractivity contribution >= 4 is 23.1 Å². The predicted molar refractivity (Wildman–Crippen MR) is 98.1 cm³/mol. The number of hydrogen-bond acceptors (Lipinski definition) is 5. The average molecular weight is 319 g/mol. The highest BCUT2D eigenvalue weighted by Crippen LogP contribution is 2.25. The molecule has 0 radical (unpaired) electrons. The summed E-state index contributed by atoms with van der Waals surface area (Å²) < 4.78 is 0. The molecular formula is C19H21N5. The molecule has 2 aromatic carbocycles. The molecule has 3 rings (SSSR count). The van der Waals surface area contributed by atoms with E-state index in [4.69, 9.17) is 0 Å². The molecule has 122 valence electrons. The third-order valence-corrected chi connectivity index (χ3v) is 3.94. The monoisotopic (exact) mass is 319 g/mol. The van der Waals surface area contributed by atoms with Crippen LogP contribution in [0.3, 0.4) is 0 Å². The maximum absolute atomic E-state index is 4.53. The van der Waals surface area contributed by atoms with Crippen LogP contribution in [-0.2, 0) is 6.42 Å². The van der Waals surface area contributed by atoms with Crippen molar-refractivity contribution in [2.45, 2.75) is 27.2 Å². The molecule has 0 aliphatic carbocycles. The summed E-state index contributed by atoms with van der Waals surface area (Å²) in [6, 6.07) is 14.3. The van der Waals surface area contributed by atoms with Gasteiger partial charge in [-0.25, -0.2) is 0 Å². The van der Waals surface area contributed by atoms with Crippen LogP contribution in [0, 0.1) is 13.8 Å². The summed E-state index contributed by atoms with van der Waals surface area (Å²) in [6.07, 6.45) is 2.59. The second-order valence-corrected chi connectivity index (χ2v) is 5.69. The molecule has 5 heteroatoms. The fourth-order valence-corrected chi connectivity index (χ4v) is 2.58. The molecule has 0 saturated carbocycles. The first kappa shape index (κ1) is 15.9. The predicted octanol–water partition coefficient (Wildman–Crippen LogP) is 4.54. The van der Waals surface area contributed by atoms with Crippen LogP contribution >= 0.6 is 0 Å². The number of aryl methyl sites for hydroxylation is 3. The molecular weight excluding hydrogens is 298 g/mol. The summed E-state index contributed by atoms with van der Waals surface area (Å²) in [4.78, 5) is 4.53. The quantitative estimate of drug-likeness (QED) is 0.723. The third kappa shape index (κ3) is 3.51. The molecule has 0 amide bonds. The van der Waals surface area contributed by atoms with Gasteiger partial charge >= 0.3 is 0 Å². The van der Waals surface area contributed by atoms with Gasteiger partial charge in [-0.1, -0.05) is 43.3 Å². The summed E-state index contributed by atoms with van der Waals surface area (Å²) in [5.74, 6) is 1.14. The largest absolute Gasteiger partial charge is 0.338 e. The lowest BCUT2D eigenvalue weighted by atomic mass is 10.1. The molecule has 0 unspecified atom stereocenters. The van der Waals surface area contributed by atoms with E-state index in [-0.39, 0.29) is 0 Å². The average Bonchev–Trinajstić information content (AvgIpc) is 2.59. The van der Waals surface area contributed by atoms with E-state index in [9.17, 15) is 0 Å². The fraction of sp³-hybridized carbons (Fsp3) is 0.211. The van der Waals surface area contributed by atoms with E-state index in [1.54, 1.807) is 6.20 Å². The summed E-state index contributed by atoms with van der Waals surface area (Å²) in [5.41, 5.74) is 5.62. The van der Waals surface area contributed by atoms with Gasteiger partial charge in [0.15, 0.2) is 5.82 Å². The highest BCUT2D eigenvalue weighted by Gasteiger charge is 2.07. The number of anilines is 4. The Kier molecular flexibility index (Phi) is 4.70. The van der Waals surface area contributed by atoms with Gasteiger partial charge in [0.1, 0.15) is 0 Å². The van der Waals surface area contributed by atoms with E-state index >= 15 is 0 Å². The fourth-order valence-electron chi connectivity index (χ4n) is 2.58.